The van der Waals surface area contributed by atoms with Crippen molar-refractivity contribution in [3.8, 4) is 0 Å². The normalized spacial score (nSPS) is 24.2. The number of aromatic nitrogens is 2. The minimum absolute atomic E-state index is 0.0185. The minimum Gasteiger partial charge on any atom is -0.423 e. The van der Waals surface area contributed by atoms with E-state index in [1.54, 1.807) is 4.90 Å². The van der Waals surface area contributed by atoms with E-state index >= 15 is 0 Å². The van der Waals surface area contributed by atoms with Crippen molar-refractivity contribution < 1.29 is 23.4 Å². The lowest BCUT2D eigenvalue weighted by Gasteiger charge is -2.33. The molecule has 2 saturated heterocycles. The second-order valence-electron chi connectivity index (χ2n) is 6.77. The molecule has 1 amide bonds. The Kier molecular flexibility index (Phi) is 6.39. The van der Waals surface area contributed by atoms with Crippen LogP contribution in [0.1, 0.15) is 56.9 Å². The Hall–Kier alpha value is -1.51. The molecule has 1 aromatic heterocycles. The van der Waals surface area contributed by atoms with E-state index in [0.717, 1.165) is 19.4 Å². The van der Waals surface area contributed by atoms with Crippen LogP contribution in [0.15, 0.2) is 4.42 Å². The highest BCUT2D eigenvalue weighted by atomic mass is 16.5. The lowest BCUT2D eigenvalue weighted by molar-refractivity contribution is -0.142. The number of amides is 1. The second-order valence-corrected chi connectivity index (χ2v) is 6.77. The van der Waals surface area contributed by atoms with Crippen LogP contribution in [0.4, 0.5) is 0 Å². The third-order valence-electron chi connectivity index (χ3n) is 4.47. The Morgan fingerprint density at radius 2 is 2.24 bits per heavy atom. The molecule has 2 aliphatic rings. The number of morpholine rings is 1. The summed E-state index contributed by atoms with van der Waals surface area (Å²) >= 11 is 0. The van der Waals surface area contributed by atoms with Gasteiger partial charge in [-0.25, -0.2) is 0 Å². The van der Waals surface area contributed by atoms with Gasteiger partial charge in [0.05, 0.1) is 39.0 Å². The third kappa shape index (κ3) is 4.77. The number of carbonyl (C=O) groups excluding carboxylic acids is 1. The summed E-state index contributed by atoms with van der Waals surface area (Å²) in [7, 11) is 0. The summed E-state index contributed by atoms with van der Waals surface area (Å²) in [6, 6.07) is -0.320. The van der Waals surface area contributed by atoms with Crippen molar-refractivity contribution in [2.75, 3.05) is 39.6 Å². The average molecular weight is 353 g/mol. The van der Waals surface area contributed by atoms with Crippen molar-refractivity contribution in [1.82, 2.24) is 15.1 Å². The highest BCUT2D eigenvalue weighted by Crippen LogP contribution is 2.25. The molecule has 0 aromatic carbocycles. The van der Waals surface area contributed by atoms with Gasteiger partial charge in [-0.2, -0.15) is 0 Å². The van der Waals surface area contributed by atoms with Crippen LogP contribution in [0.25, 0.3) is 0 Å². The molecule has 140 valence electrons. The largest absolute Gasteiger partial charge is 0.423 e. The van der Waals surface area contributed by atoms with Crippen molar-refractivity contribution in [3.63, 3.8) is 0 Å². The van der Waals surface area contributed by atoms with Crippen LogP contribution in [-0.4, -0.2) is 66.7 Å². The van der Waals surface area contributed by atoms with Gasteiger partial charge in [0.15, 0.2) is 0 Å². The predicted molar refractivity (Wildman–Crippen MR) is 88.1 cm³/mol. The molecular weight excluding hydrogens is 326 g/mol. The Morgan fingerprint density at radius 1 is 1.36 bits per heavy atom. The van der Waals surface area contributed by atoms with Crippen molar-refractivity contribution in [1.29, 1.82) is 0 Å². The Balaban J connectivity index is 1.51. The fourth-order valence-corrected chi connectivity index (χ4v) is 3.01. The molecule has 0 N–H and O–H groups in total. The molecule has 1 aromatic rings. The number of carbonyl (C=O) groups is 1. The summed E-state index contributed by atoms with van der Waals surface area (Å²) in [5.74, 6) is 1.19. The highest BCUT2D eigenvalue weighted by molar-refractivity contribution is 5.76. The van der Waals surface area contributed by atoms with E-state index in [9.17, 15) is 4.79 Å². The first-order chi connectivity index (χ1) is 12.1. The number of rotatable bonds is 7. The summed E-state index contributed by atoms with van der Waals surface area (Å²) in [5.41, 5.74) is 0. The van der Waals surface area contributed by atoms with Gasteiger partial charge in [0.1, 0.15) is 6.04 Å². The summed E-state index contributed by atoms with van der Waals surface area (Å²) in [6.45, 7) is 7.16. The Morgan fingerprint density at radius 3 is 2.96 bits per heavy atom. The standard InChI is InChI=1S/C17H27N3O5/c1-12(2)16-18-19-17(25-16)14-11-23-9-6-20(14)15(21)5-8-22-10-13-4-3-7-24-13/h12-14H,3-11H2,1-2H3. The Labute approximate surface area is 147 Å². The maximum absolute atomic E-state index is 12.6. The number of ether oxygens (including phenoxy) is 3. The molecule has 3 heterocycles. The van der Waals surface area contributed by atoms with Crippen LogP contribution in [0.3, 0.4) is 0 Å². The fourth-order valence-electron chi connectivity index (χ4n) is 3.01. The summed E-state index contributed by atoms with van der Waals surface area (Å²) < 4.78 is 22.3. The molecule has 8 heteroatoms. The van der Waals surface area contributed by atoms with Crippen molar-refractivity contribution >= 4 is 5.91 Å². The van der Waals surface area contributed by atoms with Gasteiger partial charge in [-0.15, -0.1) is 10.2 Å². The zero-order valence-corrected chi connectivity index (χ0v) is 15.0. The van der Waals surface area contributed by atoms with Crippen LogP contribution < -0.4 is 0 Å². The van der Waals surface area contributed by atoms with E-state index in [-0.39, 0.29) is 24.0 Å². The minimum atomic E-state index is -0.320. The first kappa shape index (κ1) is 18.3. The first-order valence-corrected chi connectivity index (χ1v) is 9.05. The van der Waals surface area contributed by atoms with Gasteiger partial charge in [-0.1, -0.05) is 13.8 Å². The zero-order chi connectivity index (χ0) is 17.6. The molecule has 2 fully saturated rings. The number of hydrogen-bond donors (Lipinski definition) is 0. The van der Waals surface area contributed by atoms with Crippen molar-refractivity contribution in [2.24, 2.45) is 0 Å². The van der Waals surface area contributed by atoms with E-state index in [1.807, 2.05) is 13.8 Å². The smallest absolute Gasteiger partial charge is 0.241 e. The maximum Gasteiger partial charge on any atom is 0.241 e. The van der Waals surface area contributed by atoms with Crippen LogP contribution in [0.5, 0.6) is 0 Å². The summed E-state index contributed by atoms with van der Waals surface area (Å²) in [5, 5.41) is 8.16. The predicted octanol–water partition coefficient (Wildman–Crippen LogP) is 1.68. The molecule has 0 spiro atoms. The quantitative estimate of drug-likeness (QED) is 0.689. The summed E-state index contributed by atoms with van der Waals surface area (Å²) in [6.07, 6.45) is 2.63. The van der Waals surface area contributed by atoms with Crippen molar-refractivity contribution in [3.05, 3.63) is 11.8 Å². The molecule has 2 unspecified atom stereocenters. The fraction of sp³-hybridized carbons (Fsp3) is 0.824. The monoisotopic (exact) mass is 353 g/mol. The Bertz CT molecular complexity index is 556. The van der Waals surface area contributed by atoms with Gasteiger partial charge in [0.2, 0.25) is 17.7 Å². The zero-order valence-electron chi connectivity index (χ0n) is 15.0. The van der Waals surface area contributed by atoms with E-state index in [1.165, 1.54) is 0 Å². The van der Waals surface area contributed by atoms with E-state index in [2.05, 4.69) is 10.2 Å². The van der Waals surface area contributed by atoms with Crippen molar-refractivity contribution in [2.45, 2.75) is 51.2 Å². The lowest BCUT2D eigenvalue weighted by atomic mass is 10.2. The van der Waals surface area contributed by atoms with E-state index in [4.69, 9.17) is 18.6 Å². The van der Waals surface area contributed by atoms with Gasteiger partial charge >= 0.3 is 0 Å². The molecule has 0 saturated carbocycles. The maximum atomic E-state index is 12.6. The molecule has 0 bridgehead atoms. The van der Waals surface area contributed by atoms with Gasteiger partial charge in [0.25, 0.3) is 0 Å². The first-order valence-electron chi connectivity index (χ1n) is 9.05. The van der Waals surface area contributed by atoms with Gasteiger partial charge in [-0.3, -0.25) is 4.79 Å². The van der Waals surface area contributed by atoms with Gasteiger partial charge in [-0.05, 0) is 12.8 Å². The molecule has 0 radical (unpaired) electrons. The van der Waals surface area contributed by atoms with Gasteiger partial charge < -0.3 is 23.5 Å². The highest BCUT2D eigenvalue weighted by Gasteiger charge is 2.32. The molecule has 0 aliphatic carbocycles. The molecule has 2 aliphatic heterocycles. The molecular formula is C17H27N3O5. The van der Waals surface area contributed by atoms with E-state index in [0.29, 0.717) is 51.2 Å². The van der Waals surface area contributed by atoms with Crippen LogP contribution in [0, 0.1) is 0 Å². The SMILES string of the molecule is CC(C)c1nnc(C2COCCN2C(=O)CCOCC2CCCO2)o1. The number of nitrogens with zero attached hydrogens (tertiary/aromatic N) is 3. The number of hydrogen-bond acceptors (Lipinski definition) is 7. The average Bonchev–Trinajstić information content (AvgIpc) is 3.30. The van der Waals surface area contributed by atoms with Gasteiger partial charge in [0, 0.05) is 19.1 Å². The van der Waals surface area contributed by atoms with Crippen LogP contribution in [-0.2, 0) is 19.0 Å². The van der Waals surface area contributed by atoms with E-state index < -0.39 is 0 Å². The molecule has 3 rings (SSSR count). The van der Waals surface area contributed by atoms with Crippen LogP contribution >= 0.6 is 0 Å². The third-order valence-corrected chi connectivity index (χ3v) is 4.47. The molecule has 2 atom stereocenters. The van der Waals surface area contributed by atoms with Crippen LogP contribution in [0.2, 0.25) is 0 Å². The summed E-state index contributed by atoms with van der Waals surface area (Å²) in [4.78, 5) is 14.3. The molecule has 8 nitrogen and oxygen atoms in total. The topological polar surface area (TPSA) is 86.9 Å². The second kappa shape index (κ2) is 8.73. The lowest BCUT2D eigenvalue weighted by Crippen LogP contribution is -2.43. The molecule has 25 heavy (non-hydrogen) atoms.